The first-order chi connectivity index (χ1) is 10.7. The van der Waals surface area contributed by atoms with E-state index in [1.54, 1.807) is 0 Å². The summed E-state index contributed by atoms with van der Waals surface area (Å²) >= 11 is 0. The lowest BCUT2D eigenvalue weighted by Crippen LogP contribution is -2.38. The van der Waals surface area contributed by atoms with E-state index >= 15 is 0 Å². The highest BCUT2D eigenvalue weighted by atomic mass is 16.5. The first-order valence-corrected chi connectivity index (χ1v) is 8.43. The molecule has 0 atom stereocenters. The second kappa shape index (κ2) is 7.53. The van der Waals surface area contributed by atoms with Crippen LogP contribution in [0.4, 0.5) is 0 Å². The van der Waals surface area contributed by atoms with Crippen LogP contribution in [0.15, 0.2) is 4.52 Å². The average molecular weight is 309 g/mol. The number of piperidine rings is 1. The molecule has 1 aromatic heterocycles. The summed E-state index contributed by atoms with van der Waals surface area (Å²) < 4.78 is 16.6. The Labute approximate surface area is 132 Å². The minimum Gasteiger partial charge on any atom is -0.379 e. The second-order valence-electron chi connectivity index (χ2n) is 6.74. The highest BCUT2D eigenvalue weighted by molar-refractivity contribution is 4.99. The fraction of sp³-hybridized carbons (Fsp3) is 0.875. The van der Waals surface area contributed by atoms with Gasteiger partial charge in [0.15, 0.2) is 5.82 Å². The molecular formula is C16H27N3O3. The Morgan fingerprint density at radius 2 is 1.82 bits per heavy atom. The Balaban J connectivity index is 1.47. The molecule has 0 bridgehead atoms. The van der Waals surface area contributed by atoms with Crippen LogP contribution in [-0.2, 0) is 9.47 Å². The summed E-state index contributed by atoms with van der Waals surface area (Å²) in [4.78, 5) is 7.06. The maximum atomic E-state index is 5.58. The van der Waals surface area contributed by atoms with E-state index in [1.807, 2.05) is 0 Å². The quantitative estimate of drug-likeness (QED) is 0.848. The third-order valence-corrected chi connectivity index (χ3v) is 4.51. The molecule has 6 nitrogen and oxygen atoms in total. The molecule has 2 fully saturated rings. The Morgan fingerprint density at radius 1 is 1.14 bits per heavy atom. The van der Waals surface area contributed by atoms with Crippen LogP contribution in [-0.4, -0.2) is 61.1 Å². The molecule has 0 amide bonds. The summed E-state index contributed by atoms with van der Waals surface area (Å²) in [6.07, 6.45) is 2.18. The van der Waals surface area contributed by atoms with E-state index in [-0.39, 0.29) is 0 Å². The Hall–Kier alpha value is -0.980. The minimum absolute atomic E-state index is 0.327. The molecule has 22 heavy (non-hydrogen) atoms. The topological polar surface area (TPSA) is 60.6 Å². The van der Waals surface area contributed by atoms with Gasteiger partial charge in [-0.05, 0) is 25.9 Å². The van der Waals surface area contributed by atoms with E-state index in [9.17, 15) is 0 Å². The molecule has 3 heterocycles. The lowest BCUT2D eigenvalue weighted by Gasteiger charge is -2.32. The van der Waals surface area contributed by atoms with Gasteiger partial charge in [0.2, 0.25) is 5.89 Å². The lowest BCUT2D eigenvalue weighted by molar-refractivity contribution is 0.0914. The maximum absolute atomic E-state index is 5.58. The highest BCUT2D eigenvalue weighted by Gasteiger charge is 2.27. The van der Waals surface area contributed by atoms with Crippen molar-refractivity contribution < 1.29 is 14.0 Å². The van der Waals surface area contributed by atoms with Gasteiger partial charge in [-0.3, -0.25) is 0 Å². The summed E-state index contributed by atoms with van der Waals surface area (Å²) in [5.74, 6) is 2.88. The standard InChI is InChI=1S/C16H27N3O3/c1-12(2)15-17-16(22-18-15)14-3-5-19(6-4-14)9-13-10-20-7-8-21-11-13/h12-14H,3-11H2,1-2H3. The van der Waals surface area contributed by atoms with Gasteiger partial charge in [-0.25, -0.2) is 0 Å². The van der Waals surface area contributed by atoms with Gasteiger partial charge in [-0.2, -0.15) is 4.98 Å². The van der Waals surface area contributed by atoms with Crippen LogP contribution in [0.25, 0.3) is 0 Å². The van der Waals surface area contributed by atoms with Gasteiger partial charge >= 0.3 is 0 Å². The van der Waals surface area contributed by atoms with Crippen molar-refractivity contribution in [2.24, 2.45) is 5.92 Å². The molecule has 0 spiro atoms. The van der Waals surface area contributed by atoms with Gasteiger partial charge in [0.25, 0.3) is 0 Å². The first-order valence-electron chi connectivity index (χ1n) is 8.43. The zero-order valence-corrected chi connectivity index (χ0v) is 13.7. The van der Waals surface area contributed by atoms with Gasteiger partial charge in [0.1, 0.15) is 0 Å². The lowest BCUT2D eigenvalue weighted by atomic mass is 9.96. The fourth-order valence-electron chi connectivity index (χ4n) is 3.15. The molecule has 0 unspecified atom stereocenters. The van der Waals surface area contributed by atoms with Crippen LogP contribution in [0.1, 0.15) is 50.2 Å². The first kappa shape index (κ1) is 15.9. The Kier molecular flexibility index (Phi) is 5.44. The number of hydrogen-bond donors (Lipinski definition) is 0. The van der Waals surface area contributed by atoms with Crippen molar-refractivity contribution in [1.29, 1.82) is 0 Å². The second-order valence-corrected chi connectivity index (χ2v) is 6.74. The maximum Gasteiger partial charge on any atom is 0.229 e. The van der Waals surface area contributed by atoms with Crippen molar-refractivity contribution in [2.75, 3.05) is 46.1 Å². The molecule has 0 aromatic carbocycles. The number of ether oxygens (including phenoxy) is 2. The monoisotopic (exact) mass is 309 g/mol. The zero-order chi connectivity index (χ0) is 15.4. The SMILES string of the molecule is CC(C)c1noc(C2CCN(CC3COCCOC3)CC2)n1. The molecule has 1 aromatic rings. The normalized spacial score (nSPS) is 23.0. The molecule has 2 saturated heterocycles. The Bertz CT molecular complexity index is 447. The van der Waals surface area contributed by atoms with Crippen molar-refractivity contribution in [3.8, 4) is 0 Å². The number of hydrogen-bond acceptors (Lipinski definition) is 6. The predicted molar refractivity (Wildman–Crippen MR) is 81.9 cm³/mol. The molecule has 124 valence electrons. The fourth-order valence-corrected chi connectivity index (χ4v) is 3.15. The summed E-state index contributed by atoms with van der Waals surface area (Å²) in [6, 6.07) is 0. The molecule has 0 aliphatic carbocycles. The molecule has 6 heteroatoms. The molecule has 0 saturated carbocycles. The van der Waals surface area contributed by atoms with Crippen molar-refractivity contribution in [3.63, 3.8) is 0 Å². The van der Waals surface area contributed by atoms with Crippen LogP contribution in [0.5, 0.6) is 0 Å². The molecule has 0 N–H and O–H groups in total. The largest absolute Gasteiger partial charge is 0.379 e. The van der Waals surface area contributed by atoms with Crippen LogP contribution >= 0.6 is 0 Å². The average Bonchev–Trinajstić information content (AvgIpc) is 2.88. The third kappa shape index (κ3) is 4.06. The van der Waals surface area contributed by atoms with Crippen LogP contribution < -0.4 is 0 Å². The summed E-state index contributed by atoms with van der Waals surface area (Å²) in [7, 11) is 0. The van der Waals surface area contributed by atoms with Gasteiger partial charge in [0, 0.05) is 24.3 Å². The van der Waals surface area contributed by atoms with E-state index in [0.29, 0.717) is 17.8 Å². The van der Waals surface area contributed by atoms with E-state index in [4.69, 9.17) is 14.0 Å². The molecular weight excluding hydrogens is 282 g/mol. The van der Waals surface area contributed by atoms with Gasteiger partial charge in [-0.1, -0.05) is 19.0 Å². The number of likely N-dealkylation sites (tertiary alicyclic amines) is 1. The molecule has 0 radical (unpaired) electrons. The smallest absolute Gasteiger partial charge is 0.229 e. The Morgan fingerprint density at radius 3 is 2.41 bits per heavy atom. The molecule has 2 aliphatic rings. The van der Waals surface area contributed by atoms with Crippen molar-refractivity contribution >= 4 is 0 Å². The summed E-state index contributed by atoms with van der Waals surface area (Å²) in [5.41, 5.74) is 0. The van der Waals surface area contributed by atoms with E-state index in [1.165, 1.54) is 0 Å². The number of aromatic nitrogens is 2. The van der Waals surface area contributed by atoms with Gasteiger partial charge < -0.3 is 18.9 Å². The minimum atomic E-state index is 0.327. The van der Waals surface area contributed by atoms with Crippen molar-refractivity contribution in [1.82, 2.24) is 15.0 Å². The van der Waals surface area contributed by atoms with E-state index in [0.717, 1.165) is 70.6 Å². The summed E-state index contributed by atoms with van der Waals surface area (Å²) in [6.45, 7) is 10.5. The summed E-state index contributed by atoms with van der Waals surface area (Å²) in [5, 5.41) is 4.08. The predicted octanol–water partition coefficient (Wildman–Crippen LogP) is 2.04. The van der Waals surface area contributed by atoms with Gasteiger partial charge in [0.05, 0.1) is 26.4 Å². The third-order valence-electron chi connectivity index (χ3n) is 4.51. The van der Waals surface area contributed by atoms with Gasteiger partial charge in [-0.15, -0.1) is 0 Å². The number of nitrogens with zero attached hydrogens (tertiary/aromatic N) is 3. The van der Waals surface area contributed by atoms with Crippen LogP contribution in [0.2, 0.25) is 0 Å². The van der Waals surface area contributed by atoms with E-state index < -0.39 is 0 Å². The van der Waals surface area contributed by atoms with Crippen molar-refractivity contribution in [2.45, 2.75) is 38.5 Å². The zero-order valence-electron chi connectivity index (χ0n) is 13.7. The molecule has 3 rings (SSSR count). The number of rotatable bonds is 4. The van der Waals surface area contributed by atoms with E-state index in [2.05, 4.69) is 28.9 Å². The van der Waals surface area contributed by atoms with Crippen LogP contribution in [0, 0.1) is 5.92 Å². The molecule has 2 aliphatic heterocycles. The van der Waals surface area contributed by atoms with Crippen molar-refractivity contribution in [3.05, 3.63) is 11.7 Å². The van der Waals surface area contributed by atoms with Crippen LogP contribution in [0.3, 0.4) is 0 Å². The highest BCUT2D eigenvalue weighted by Crippen LogP contribution is 2.28.